The highest BCUT2D eigenvalue weighted by molar-refractivity contribution is 6.30. The number of aryl methyl sites for hydroxylation is 1. The van der Waals surface area contributed by atoms with Crippen molar-refractivity contribution in [1.29, 1.82) is 0 Å². The van der Waals surface area contributed by atoms with E-state index in [-0.39, 0.29) is 25.5 Å². The van der Waals surface area contributed by atoms with Crippen LogP contribution in [0, 0.1) is 0 Å². The molecule has 2 heterocycles. The lowest BCUT2D eigenvalue weighted by Crippen LogP contribution is -2.58. The first kappa shape index (κ1) is 21.1. The first-order valence-corrected chi connectivity index (χ1v) is 9.89. The highest BCUT2D eigenvalue weighted by atomic mass is 35.5. The Hall–Kier alpha value is -2.58. The molecule has 0 saturated carbocycles. The maximum absolute atomic E-state index is 12.7. The molecule has 1 atom stereocenters. The lowest BCUT2D eigenvalue weighted by molar-refractivity contribution is -0.161. The average Bonchev–Trinajstić information content (AvgIpc) is 3.21. The number of ether oxygens (including phenoxy) is 2. The van der Waals surface area contributed by atoms with Crippen LogP contribution in [0.25, 0.3) is 0 Å². The van der Waals surface area contributed by atoms with Crippen LogP contribution in [0.15, 0.2) is 42.7 Å². The van der Waals surface area contributed by atoms with Crippen LogP contribution in [0.4, 0.5) is 0 Å². The summed E-state index contributed by atoms with van der Waals surface area (Å²) in [4.78, 5) is 26.1. The summed E-state index contributed by atoms with van der Waals surface area (Å²) >= 11 is 5.89. The summed E-state index contributed by atoms with van der Waals surface area (Å²) in [5.41, 5.74) is 4.48. The van der Waals surface area contributed by atoms with E-state index in [1.54, 1.807) is 40.0 Å². The van der Waals surface area contributed by atoms with Gasteiger partial charge in [-0.1, -0.05) is 11.6 Å². The molecule has 2 N–H and O–H groups in total. The molecular weight excluding hydrogens is 396 g/mol. The third-order valence-corrected chi connectivity index (χ3v) is 5.00. The second-order valence-electron chi connectivity index (χ2n) is 7.11. The summed E-state index contributed by atoms with van der Waals surface area (Å²) in [5, 5.41) is 4.74. The number of primary amides is 1. The standard InChI is InChI=1S/C20H25ClN4O4/c21-16-4-6-17(7-5-16)28-15-20(13-18(22)26)14-24(11-12-29-20)19(27)3-1-9-25-10-2-8-23-25/h2,4-8,10H,1,3,9,11-15H2,(H2,22,26). The highest BCUT2D eigenvalue weighted by Gasteiger charge is 2.40. The Labute approximate surface area is 174 Å². The lowest BCUT2D eigenvalue weighted by atomic mass is 9.97. The third-order valence-electron chi connectivity index (χ3n) is 4.75. The van der Waals surface area contributed by atoms with Gasteiger partial charge in [-0.05, 0) is 36.8 Å². The Morgan fingerprint density at radius 3 is 2.79 bits per heavy atom. The normalized spacial score (nSPS) is 19.1. The molecule has 2 aromatic rings. The van der Waals surface area contributed by atoms with Gasteiger partial charge in [-0.3, -0.25) is 14.3 Å². The fraction of sp³-hybridized carbons (Fsp3) is 0.450. The van der Waals surface area contributed by atoms with Gasteiger partial charge in [-0.25, -0.2) is 0 Å². The summed E-state index contributed by atoms with van der Waals surface area (Å²) in [5.74, 6) is 0.114. The Kier molecular flexibility index (Phi) is 7.11. The molecule has 1 unspecified atom stereocenters. The molecule has 1 saturated heterocycles. The molecule has 1 fully saturated rings. The van der Waals surface area contributed by atoms with E-state index in [1.807, 2.05) is 12.3 Å². The third kappa shape index (κ3) is 6.20. The Morgan fingerprint density at radius 1 is 1.31 bits per heavy atom. The molecule has 3 rings (SSSR count). The monoisotopic (exact) mass is 420 g/mol. The number of hydrogen-bond donors (Lipinski definition) is 1. The number of amides is 2. The van der Waals surface area contributed by atoms with Crippen LogP contribution in [0.5, 0.6) is 5.75 Å². The lowest BCUT2D eigenvalue weighted by Gasteiger charge is -2.42. The maximum atomic E-state index is 12.7. The quantitative estimate of drug-likeness (QED) is 0.667. The number of carbonyl (C=O) groups is 2. The zero-order valence-electron chi connectivity index (χ0n) is 16.1. The molecule has 9 heteroatoms. The van der Waals surface area contributed by atoms with Gasteiger partial charge in [0.2, 0.25) is 11.8 Å². The molecule has 0 bridgehead atoms. The summed E-state index contributed by atoms with van der Waals surface area (Å²) in [6.45, 7) is 1.83. The summed E-state index contributed by atoms with van der Waals surface area (Å²) < 4.78 is 13.5. The molecule has 8 nitrogen and oxygen atoms in total. The van der Waals surface area contributed by atoms with E-state index < -0.39 is 11.5 Å². The minimum atomic E-state index is -0.971. The van der Waals surface area contributed by atoms with Gasteiger partial charge in [0.1, 0.15) is 18.0 Å². The van der Waals surface area contributed by atoms with Crippen LogP contribution in [-0.2, 0) is 20.9 Å². The topological polar surface area (TPSA) is 99.7 Å². The number of nitrogens with two attached hydrogens (primary N) is 1. The van der Waals surface area contributed by atoms with Gasteiger partial charge >= 0.3 is 0 Å². The largest absolute Gasteiger partial charge is 0.490 e. The van der Waals surface area contributed by atoms with Gasteiger partial charge in [0.05, 0.1) is 19.6 Å². The van der Waals surface area contributed by atoms with Gasteiger partial charge in [-0.15, -0.1) is 0 Å². The van der Waals surface area contributed by atoms with Crippen LogP contribution in [0.3, 0.4) is 0 Å². The van der Waals surface area contributed by atoms with Gasteiger partial charge < -0.3 is 20.1 Å². The van der Waals surface area contributed by atoms with E-state index in [9.17, 15) is 9.59 Å². The van der Waals surface area contributed by atoms with Gasteiger partial charge in [0.25, 0.3) is 0 Å². The van der Waals surface area contributed by atoms with Crippen LogP contribution in [0.2, 0.25) is 5.02 Å². The second kappa shape index (κ2) is 9.76. The van der Waals surface area contributed by atoms with Crippen molar-refractivity contribution in [3.05, 3.63) is 47.7 Å². The first-order valence-electron chi connectivity index (χ1n) is 9.52. The predicted octanol–water partition coefficient (Wildman–Crippen LogP) is 1.87. The number of aromatic nitrogens is 2. The molecule has 0 aliphatic carbocycles. The second-order valence-corrected chi connectivity index (χ2v) is 7.54. The number of carbonyl (C=O) groups excluding carboxylic acids is 2. The van der Waals surface area contributed by atoms with Crippen molar-refractivity contribution < 1.29 is 19.1 Å². The van der Waals surface area contributed by atoms with Crippen molar-refractivity contribution in [2.45, 2.75) is 31.4 Å². The van der Waals surface area contributed by atoms with E-state index >= 15 is 0 Å². The van der Waals surface area contributed by atoms with E-state index in [1.165, 1.54) is 0 Å². The fourth-order valence-corrected chi connectivity index (χ4v) is 3.48. The number of morpholine rings is 1. The summed E-state index contributed by atoms with van der Waals surface area (Å²) in [6, 6.07) is 8.76. The molecule has 1 aliphatic heterocycles. The smallest absolute Gasteiger partial charge is 0.222 e. The zero-order valence-corrected chi connectivity index (χ0v) is 16.9. The minimum absolute atomic E-state index is 0.0146. The highest BCUT2D eigenvalue weighted by Crippen LogP contribution is 2.25. The van der Waals surface area contributed by atoms with Crippen molar-refractivity contribution in [2.24, 2.45) is 5.73 Å². The number of nitrogens with zero attached hydrogens (tertiary/aromatic N) is 3. The molecule has 29 heavy (non-hydrogen) atoms. The Morgan fingerprint density at radius 2 is 2.10 bits per heavy atom. The van der Waals surface area contributed by atoms with Crippen molar-refractivity contribution in [1.82, 2.24) is 14.7 Å². The molecule has 0 radical (unpaired) electrons. The maximum Gasteiger partial charge on any atom is 0.222 e. The number of rotatable bonds is 9. The van der Waals surface area contributed by atoms with Crippen molar-refractivity contribution in [2.75, 3.05) is 26.3 Å². The van der Waals surface area contributed by atoms with E-state index in [4.69, 9.17) is 26.8 Å². The van der Waals surface area contributed by atoms with Gasteiger partial charge in [-0.2, -0.15) is 5.10 Å². The summed E-state index contributed by atoms with van der Waals surface area (Å²) in [7, 11) is 0. The van der Waals surface area contributed by atoms with Crippen molar-refractivity contribution >= 4 is 23.4 Å². The average molecular weight is 421 g/mol. The number of halogens is 1. The molecule has 1 aromatic heterocycles. The van der Waals surface area contributed by atoms with Crippen molar-refractivity contribution in [3.63, 3.8) is 0 Å². The SMILES string of the molecule is NC(=O)CC1(COc2ccc(Cl)cc2)CN(C(=O)CCCn2cccn2)CCO1. The molecule has 1 aromatic carbocycles. The molecular formula is C20H25ClN4O4. The van der Waals surface area contributed by atoms with Crippen molar-refractivity contribution in [3.8, 4) is 5.75 Å². The van der Waals surface area contributed by atoms with Crippen LogP contribution < -0.4 is 10.5 Å². The van der Waals surface area contributed by atoms with Crippen LogP contribution in [0.1, 0.15) is 19.3 Å². The van der Waals surface area contributed by atoms with Crippen LogP contribution in [-0.4, -0.2) is 58.4 Å². The van der Waals surface area contributed by atoms with E-state index in [2.05, 4.69) is 5.10 Å². The van der Waals surface area contributed by atoms with Gasteiger partial charge in [0, 0.05) is 36.9 Å². The number of hydrogen-bond acceptors (Lipinski definition) is 5. The molecule has 0 spiro atoms. The fourth-order valence-electron chi connectivity index (χ4n) is 3.35. The molecule has 156 valence electrons. The van der Waals surface area contributed by atoms with Gasteiger partial charge in [0.15, 0.2) is 0 Å². The van der Waals surface area contributed by atoms with Crippen LogP contribution >= 0.6 is 11.6 Å². The zero-order chi connectivity index (χ0) is 20.7. The van der Waals surface area contributed by atoms with E-state index in [0.29, 0.717) is 43.3 Å². The number of benzene rings is 1. The first-order chi connectivity index (χ1) is 14.0. The van der Waals surface area contributed by atoms with E-state index in [0.717, 1.165) is 0 Å². The predicted molar refractivity (Wildman–Crippen MR) is 107 cm³/mol. The summed E-state index contributed by atoms with van der Waals surface area (Å²) in [6.07, 6.45) is 4.62. The minimum Gasteiger partial charge on any atom is -0.490 e. The molecule has 2 amide bonds. The molecule has 1 aliphatic rings. The Bertz CT molecular complexity index is 812. The Balaban J connectivity index is 1.59.